The highest BCUT2D eigenvalue weighted by atomic mass is 15.2. The Morgan fingerprint density at radius 2 is 2.35 bits per heavy atom. The SMILES string of the molecule is N#Cc1cccc(CNCCc2ncn[nH]2)c1. The molecule has 0 unspecified atom stereocenters. The number of H-pyrrole nitrogens is 1. The molecule has 0 amide bonds. The van der Waals surface area contributed by atoms with E-state index in [2.05, 4.69) is 26.6 Å². The second kappa shape index (κ2) is 5.77. The third-order valence-corrected chi connectivity index (χ3v) is 2.39. The molecule has 2 aromatic rings. The van der Waals surface area contributed by atoms with Gasteiger partial charge in [0.2, 0.25) is 0 Å². The lowest BCUT2D eigenvalue weighted by Gasteiger charge is -2.03. The van der Waals surface area contributed by atoms with Crippen LogP contribution in [0.15, 0.2) is 30.6 Å². The van der Waals surface area contributed by atoms with Gasteiger partial charge in [-0.25, -0.2) is 4.98 Å². The van der Waals surface area contributed by atoms with Gasteiger partial charge in [-0.2, -0.15) is 10.4 Å². The van der Waals surface area contributed by atoms with Crippen LogP contribution in [0.2, 0.25) is 0 Å². The van der Waals surface area contributed by atoms with Crippen molar-refractivity contribution in [3.63, 3.8) is 0 Å². The van der Waals surface area contributed by atoms with E-state index in [9.17, 15) is 0 Å². The third kappa shape index (κ3) is 3.40. The van der Waals surface area contributed by atoms with E-state index in [0.29, 0.717) is 5.56 Å². The minimum absolute atomic E-state index is 0.694. The Kier molecular flexibility index (Phi) is 3.84. The zero-order valence-corrected chi connectivity index (χ0v) is 9.35. The molecule has 1 aromatic carbocycles. The Bertz CT molecular complexity index is 498. The van der Waals surface area contributed by atoms with Gasteiger partial charge in [-0.1, -0.05) is 12.1 Å². The van der Waals surface area contributed by atoms with E-state index in [-0.39, 0.29) is 0 Å². The number of nitrogens with one attached hydrogen (secondary N) is 2. The lowest BCUT2D eigenvalue weighted by atomic mass is 10.1. The first-order valence-corrected chi connectivity index (χ1v) is 5.42. The molecule has 0 saturated carbocycles. The minimum Gasteiger partial charge on any atom is -0.312 e. The summed E-state index contributed by atoms with van der Waals surface area (Å²) in [5, 5.41) is 18.7. The van der Waals surface area contributed by atoms with Crippen LogP contribution in [0.5, 0.6) is 0 Å². The van der Waals surface area contributed by atoms with Crippen molar-refractivity contribution in [2.75, 3.05) is 6.54 Å². The second-order valence-electron chi connectivity index (χ2n) is 3.67. The zero-order valence-electron chi connectivity index (χ0n) is 9.35. The molecule has 0 aliphatic rings. The number of hydrogen-bond acceptors (Lipinski definition) is 4. The topological polar surface area (TPSA) is 77.4 Å². The maximum atomic E-state index is 8.77. The second-order valence-corrected chi connectivity index (χ2v) is 3.67. The number of rotatable bonds is 5. The standard InChI is InChI=1S/C12H13N5/c13-7-10-2-1-3-11(6-10)8-14-5-4-12-15-9-16-17-12/h1-3,6,9,14H,4-5,8H2,(H,15,16,17). The monoisotopic (exact) mass is 227 g/mol. The Hall–Kier alpha value is -2.19. The van der Waals surface area contributed by atoms with Gasteiger partial charge < -0.3 is 5.32 Å². The highest BCUT2D eigenvalue weighted by molar-refractivity contribution is 5.32. The van der Waals surface area contributed by atoms with Gasteiger partial charge in [0.25, 0.3) is 0 Å². The molecule has 0 fully saturated rings. The summed E-state index contributed by atoms with van der Waals surface area (Å²) in [5.74, 6) is 0.878. The van der Waals surface area contributed by atoms with Crippen molar-refractivity contribution < 1.29 is 0 Å². The van der Waals surface area contributed by atoms with Crippen molar-refractivity contribution in [1.82, 2.24) is 20.5 Å². The van der Waals surface area contributed by atoms with Gasteiger partial charge in [0.15, 0.2) is 0 Å². The van der Waals surface area contributed by atoms with Crippen LogP contribution < -0.4 is 5.32 Å². The van der Waals surface area contributed by atoms with Gasteiger partial charge in [-0.05, 0) is 17.7 Å². The van der Waals surface area contributed by atoms with Crippen LogP contribution in [0.1, 0.15) is 17.0 Å². The molecule has 17 heavy (non-hydrogen) atoms. The fourth-order valence-corrected chi connectivity index (χ4v) is 1.54. The molecular weight excluding hydrogens is 214 g/mol. The minimum atomic E-state index is 0.694. The van der Waals surface area contributed by atoms with Gasteiger partial charge in [-0.3, -0.25) is 5.10 Å². The molecule has 0 saturated heterocycles. The van der Waals surface area contributed by atoms with Crippen LogP contribution in [-0.4, -0.2) is 21.7 Å². The van der Waals surface area contributed by atoms with Crippen LogP contribution in [0.3, 0.4) is 0 Å². The maximum Gasteiger partial charge on any atom is 0.137 e. The van der Waals surface area contributed by atoms with E-state index in [1.165, 1.54) is 6.33 Å². The van der Waals surface area contributed by atoms with Crippen LogP contribution in [0, 0.1) is 11.3 Å². The van der Waals surface area contributed by atoms with Crippen LogP contribution in [0.25, 0.3) is 0 Å². The number of nitriles is 1. The molecular formula is C12H13N5. The van der Waals surface area contributed by atoms with Crippen molar-refractivity contribution in [2.24, 2.45) is 0 Å². The summed E-state index contributed by atoms with van der Waals surface area (Å²) in [6.45, 7) is 1.58. The van der Waals surface area contributed by atoms with Gasteiger partial charge in [0, 0.05) is 19.5 Å². The predicted octanol–water partition coefficient (Wildman–Crippen LogP) is 1.01. The van der Waals surface area contributed by atoms with E-state index < -0.39 is 0 Å². The van der Waals surface area contributed by atoms with E-state index >= 15 is 0 Å². The first kappa shape index (κ1) is 11.3. The summed E-state index contributed by atoms with van der Waals surface area (Å²) >= 11 is 0. The predicted molar refractivity (Wildman–Crippen MR) is 63.0 cm³/mol. The molecule has 1 aromatic heterocycles. The first-order chi connectivity index (χ1) is 8.38. The normalized spacial score (nSPS) is 10.1. The highest BCUT2D eigenvalue weighted by Crippen LogP contribution is 2.03. The lowest BCUT2D eigenvalue weighted by Crippen LogP contribution is -2.17. The molecule has 0 spiro atoms. The molecule has 0 radical (unpaired) electrons. The molecule has 5 heteroatoms. The van der Waals surface area contributed by atoms with E-state index in [1.54, 1.807) is 6.07 Å². The molecule has 1 heterocycles. The van der Waals surface area contributed by atoms with Crippen LogP contribution in [-0.2, 0) is 13.0 Å². The van der Waals surface area contributed by atoms with Crippen LogP contribution >= 0.6 is 0 Å². The summed E-state index contributed by atoms with van der Waals surface area (Å²) in [7, 11) is 0. The molecule has 5 nitrogen and oxygen atoms in total. The van der Waals surface area contributed by atoms with E-state index in [4.69, 9.17) is 5.26 Å². The molecule has 0 atom stereocenters. The third-order valence-electron chi connectivity index (χ3n) is 2.39. The molecule has 0 aliphatic heterocycles. The van der Waals surface area contributed by atoms with E-state index in [1.807, 2.05) is 18.2 Å². The number of nitrogens with zero attached hydrogens (tertiary/aromatic N) is 3. The zero-order chi connectivity index (χ0) is 11.9. The van der Waals surface area contributed by atoms with Gasteiger partial charge in [0.1, 0.15) is 12.2 Å². The Labute approximate surface area is 99.5 Å². The Morgan fingerprint density at radius 1 is 1.41 bits per heavy atom. The number of benzene rings is 1. The fourth-order valence-electron chi connectivity index (χ4n) is 1.54. The number of hydrogen-bond donors (Lipinski definition) is 2. The molecule has 86 valence electrons. The van der Waals surface area contributed by atoms with Crippen molar-refractivity contribution in [2.45, 2.75) is 13.0 Å². The quantitative estimate of drug-likeness (QED) is 0.747. The fraction of sp³-hybridized carbons (Fsp3) is 0.250. The molecule has 0 bridgehead atoms. The maximum absolute atomic E-state index is 8.77. The molecule has 2 N–H and O–H groups in total. The Balaban J connectivity index is 1.76. The van der Waals surface area contributed by atoms with Crippen molar-refractivity contribution in [3.8, 4) is 6.07 Å². The lowest BCUT2D eigenvalue weighted by molar-refractivity contribution is 0.671. The average molecular weight is 227 g/mol. The van der Waals surface area contributed by atoms with Crippen molar-refractivity contribution in [1.29, 1.82) is 5.26 Å². The van der Waals surface area contributed by atoms with Gasteiger partial charge in [0.05, 0.1) is 11.6 Å². The summed E-state index contributed by atoms with van der Waals surface area (Å²) in [5.41, 5.74) is 1.81. The van der Waals surface area contributed by atoms with Gasteiger partial charge in [-0.15, -0.1) is 0 Å². The summed E-state index contributed by atoms with van der Waals surface area (Å²) < 4.78 is 0. The van der Waals surface area contributed by atoms with Gasteiger partial charge >= 0.3 is 0 Å². The Morgan fingerprint density at radius 3 is 3.12 bits per heavy atom. The number of aromatic amines is 1. The number of aromatic nitrogens is 3. The van der Waals surface area contributed by atoms with Crippen LogP contribution in [0.4, 0.5) is 0 Å². The average Bonchev–Trinajstić information content (AvgIpc) is 2.88. The first-order valence-electron chi connectivity index (χ1n) is 5.42. The van der Waals surface area contributed by atoms with Crippen molar-refractivity contribution in [3.05, 3.63) is 47.5 Å². The smallest absolute Gasteiger partial charge is 0.137 e. The van der Waals surface area contributed by atoms with Crippen molar-refractivity contribution >= 4 is 0 Å². The summed E-state index contributed by atoms with van der Waals surface area (Å²) in [6.07, 6.45) is 2.32. The molecule has 2 rings (SSSR count). The summed E-state index contributed by atoms with van der Waals surface area (Å²) in [6, 6.07) is 9.72. The summed E-state index contributed by atoms with van der Waals surface area (Å²) in [4.78, 5) is 4.04. The van der Waals surface area contributed by atoms with E-state index in [0.717, 1.165) is 30.9 Å². The molecule has 0 aliphatic carbocycles. The largest absolute Gasteiger partial charge is 0.312 e. The highest BCUT2D eigenvalue weighted by Gasteiger charge is 1.97.